The smallest absolute Gasteiger partial charge is 0.338 e. The number of hydrogen-bond donors (Lipinski definition) is 0. The van der Waals surface area contributed by atoms with Crippen molar-refractivity contribution < 1.29 is 23.5 Å². The third-order valence-corrected chi connectivity index (χ3v) is 3.89. The van der Waals surface area contributed by atoms with Crippen molar-refractivity contribution >= 4 is 17.6 Å². The molecule has 1 amide bonds. The highest BCUT2D eigenvalue weighted by Gasteiger charge is 2.18. The van der Waals surface area contributed by atoms with Crippen molar-refractivity contribution in [3.05, 3.63) is 59.9 Å². The van der Waals surface area contributed by atoms with E-state index in [9.17, 15) is 14.0 Å². The first kappa shape index (κ1) is 21.9. The van der Waals surface area contributed by atoms with Crippen LogP contribution in [0.3, 0.4) is 0 Å². The quantitative estimate of drug-likeness (QED) is 0.597. The molecule has 6 nitrogen and oxygen atoms in total. The number of anilines is 1. The Hall–Kier alpha value is -3.40. The summed E-state index contributed by atoms with van der Waals surface area (Å²) in [7, 11) is 0. The van der Waals surface area contributed by atoms with Crippen molar-refractivity contribution in [2.45, 2.75) is 20.3 Å². The van der Waals surface area contributed by atoms with Crippen molar-refractivity contribution in [3.8, 4) is 11.8 Å². The van der Waals surface area contributed by atoms with E-state index in [1.54, 1.807) is 24.3 Å². The van der Waals surface area contributed by atoms with Gasteiger partial charge in [0, 0.05) is 12.2 Å². The van der Waals surface area contributed by atoms with Crippen LogP contribution in [0.1, 0.15) is 30.6 Å². The summed E-state index contributed by atoms with van der Waals surface area (Å²) in [5, 5.41) is 8.80. The van der Waals surface area contributed by atoms with Crippen LogP contribution in [0, 0.1) is 23.1 Å². The van der Waals surface area contributed by atoms with E-state index in [4.69, 9.17) is 14.7 Å². The van der Waals surface area contributed by atoms with Gasteiger partial charge >= 0.3 is 5.97 Å². The van der Waals surface area contributed by atoms with E-state index < -0.39 is 24.3 Å². The first-order valence-electron chi connectivity index (χ1n) is 9.23. The molecule has 152 valence electrons. The van der Waals surface area contributed by atoms with E-state index in [0.29, 0.717) is 29.5 Å². The number of rotatable bonds is 9. The molecule has 0 spiro atoms. The summed E-state index contributed by atoms with van der Waals surface area (Å²) >= 11 is 0. The Labute approximate surface area is 169 Å². The number of nitriles is 1. The summed E-state index contributed by atoms with van der Waals surface area (Å²) in [5.74, 6) is -0.556. The van der Waals surface area contributed by atoms with Gasteiger partial charge in [0.25, 0.3) is 5.91 Å². The summed E-state index contributed by atoms with van der Waals surface area (Å²) in [6.07, 6.45) is 0.0922. The number of carbonyl (C=O) groups excluding carboxylic acids is 2. The minimum absolute atomic E-state index is 0.0922. The minimum atomic E-state index is -0.645. The van der Waals surface area contributed by atoms with Gasteiger partial charge in [0.05, 0.1) is 24.7 Å². The fourth-order valence-electron chi connectivity index (χ4n) is 2.42. The van der Waals surface area contributed by atoms with Crippen molar-refractivity contribution in [2.24, 2.45) is 5.92 Å². The molecule has 0 aliphatic heterocycles. The molecule has 0 aliphatic rings. The van der Waals surface area contributed by atoms with Crippen LogP contribution in [0.4, 0.5) is 10.1 Å². The van der Waals surface area contributed by atoms with Crippen LogP contribution in [0.25, 0.3) is 0 Å². The third-order valence-electron chi connectivity index (χ3n) is 3.89. The Morgan fingerprint density at radius 3 is 2.34 bits per heavy atom. The number of esters is 1. The van der Waals surface area contributed by atoms with E-state index in [1.807, 2.05) is 19.9 Å². The van der Waals surface area contributed by atoms with Crippen LogP contribution >= 0.6 is 0 Å². The number of hydrogen-bond acceptors (Lipinski definition) is 5. The maximum absolute atomic E-state index is 13.1. The molecular weight excluding hydrogens is 375 g/mol. The molecule has 0 aromatic heterocycles. The van der Waals surface area contributed by atoms with E-state index >= 15 is 0 Å². The highest BCUT2D eigenvalue weighted by Crippen LogP contribution is 2.17. The molecule has 0 saturated carbocycles. The maximum Gasteiger partial charge on any atom is 0.338 e. The fraction of sp³-hybridized carbons (Fsp3) is 0.318. The lowest BCUT2D eigenvalue weighted by Crippen LogP contribution is -2.35. The lowest BCUT2D eigenvalue weighted by Gasteiger charge is -2.21. The van der Waals surface area contributed by atoms with E-state index in [2.05, 4.69) is 0 Å². The predicted molar refractivity (Wildman–Crippen MR) is 106 cm³/mol. The van der Waals surface area contributed by atoms with Gasteiger partial charge in [-0.3, -0.25) is 4.79 Å². The second-order valence-corrected chi connectivity index (χ2v) is 6.74. The van der Waals surface area contributed by atoms with Crippen molar-refractivity contribution in [1.29, 1.82) is 5.26 Å². The zero-order valence-electron chi connectivity index (χ0n) is 16.4. The van der Waals surface area contributed by atoms with Gasteiger partial charge in [0.15, 0.2) is 6.61 Å². The van der Waals surface area contributed by atoms with Crippen LogP contribution in [0.5, 0.6) is 5.75 Å². The highest BCUT2D eigenvalue weighted by molar-refractivity contribution is 5.97. The van der Waals surface area contributed by atoms with Crippen LogP contribution < -0.4 is 9.64 Å². The lowest BCUT2D eigenvalue weighted by molar-refractivity contribution is -0.121. The molecule has 29 heavy (non-hydrogen) atoms. The van der Waals surface area contributed by atoms with Gasteiger partial charge in [-0.25, -0.2) is 9.18 Å². The van der Waals surface area contributed by atoms with Gasteiger partial charge in [-0.15, -0.1) is 0 Å². The van der Waals surface area contributed by atoms with Crippen LogP contribution in [-0.4, -0.2) is 31.6 Å². The summed E-state index contributed by atoms with van der Waals surface area (Å²) < 4.78 is 23.8. The fourth-order valence-corrected chi connectivity index (χ4v) is 2.42. The molecule has 0 saturated heterocycles. The molecule has 0 fully saturated rings. The molecule has 2 aromatic rings. The molecule has 0 heterocycles. The number of carbonyl (C=O) groups is 2. The van der Waals surface area contributed by atoms with E-state index in [-0.39, 0.29) is 13.0 Å². The molecule has 0 atom stereocenters. The Balaban J connectivity index is 1.96. The Bertz CT molecular complexity index is 858. The summed E-state index contributed by atoms with van der Waals surface area (Å²) in [5.41, 5.74) is 0.717. The van der Waals surface area contributed by atoms with Gasteiger partial charge in [-0.2, -0.15) is 5.26 Å². The van der Waals surface area contributed by atoms with E-state index in [0.717, 1.165) is 0 Å². The number of amides is 1. The normalized spacial score (nSPS) is 10.3. The maximum atomic E-state index is 13.1. The Morgan fingerprint density at radius 1 is 1.10 bits per heavy atom. The van der Waals surface area contributed by atoms with Gasteiger partial charge in [0.2, 0.25) is 0 Å². The number of benzene rings is 2. The zero-order valence-corrected chi connectivity index (χ0v) is 16.4. The third kappa shape index (κ3) is 6.92. The molecule has 0 radical (unpaired) electrons. The average Bonchev–Trinajstić information content (AvgIpc) is 2.72. The van der Waals surface area contributed by atoms with Crippen molar-refractivity contribution in [2.75, 3.05) is 24.7 Å². The standard InChI is InChI=1S/C22H23FN2O4/c1-16(2)14-28-20-10-4-17(5-11-20)22(27)29-15-21(26)25(13-3-12-24)19-8-6-18(23)7-9-19/h4-11,16H,3,13-15H2,1-2H3. The number of nitrogens with zero attached hydrogens (tertiary/aromatic N) is 2. The Kier molecular flexibility index (Phi) is 8.16. The monoisotopic (exact) mass is 398 g/mol. The van der Waals surface area contributed by atoms with Gasteiger partial charge in [-0.05, 0) is 54.4 Å². The Morgan fingerprint density at radius 2 is 1.76 bits per heavy atom. The highest BCUT2D eigenvalue weighted by atomic mass is 19.1. The second-order valence-electron chi connectivity index (χ2n) is 6.74. The molecule has 7 heteroatoms. The molecule has 2 rings (SSSR count). The second kappa shape index (κ2) is 10.8. The van der Waals surface area contributed by atoms with Crippen molar-refractivity contribution in [3.63, 3.8) is 0 Å². The minimum Gasteiger partial charge on any atom is -0.493 e. The van der Waals surface area contributed by atoms with Crippen LogP contribution in [-0.2, 0) is 9.53 Å². The average molecular weight is 398 g/mol. The van der Waals surface area contributed by atoms with Crippen LogP contribution in [0.2, 0.25) is 0 Å². The topological polar surface area (TPSA) is 79.6 Å². The van der Waals surface area contributed by atoms with Gasteiger partial charge < -0.3 is 14.4 Å². The molecule has 2 aromatic carbocycles. The largest absolute Gasteiger partial charge is 0.493 e. The number of halogens is 1. The number of ether oxygens (including phenoxy) is 2. The first-order valence-corrected chi connectivity index (χ1v) is 9.23. The summed E-state index contributed by atoms with van der Waals surface area (Å²) in [6.45, 7) is 4.26. The summed E-state index contributed by atoms with van der Waals surface area (Å²) in [4.78, 5) is 26.0. The van der Waals surface area contributed by atoms with Crippen molar-refractivity contribution in [1.82, 2.24) is 0 Å². The molecular formula is C22H23FN2O4. The van der Waals surface area contributed by atoms with Gasteiger partial charge in [0.1, 0.15) is 11.6 Å². The van der Waals surface area contributed by atoms with Crippen LogP contribution in [0.15, 0.2) is 48.5 Å². The zero-order chi connectivity index (χ0) is 21.2. The lowest BCUT2D eigenvalue weighted by atomic mass is 10.2. The first-order chi connectivity index (χ1) is 13.9. The summed E-state index contributed by atoms with van der Waals surface area (Å²) in [6, 6.07) is 13.7. The predicted octanol–water partition coefficient (Wildman–Crippen LogP) is 3.96. The van der Waals surface area contributed by atoms with E-state index in [1.165, 1.54) is 29.2 Å². The molecule has 0 aliphatic carbocycles. The molecule has 0 unspecified atom stereocenters. The van der Waals surface area contributed by atoms with Gasteiger partial charge in [-0.1, -0.05) is 13.8 Å². The SMILES string of the molecule is CC(C)COc1ccc(C(=O)OCC(=O)N(CCC#N)c2ccc(F)cc2)cc1. The molecule has 0 N–H and O–H groups in total. The molecule has 0 bridgehead atoms.